The first-order valence-corrected chi connectivity index (χ1v) is 12.9. The quantitative estimate of drug-likeness (QED) is 0.244. The Morgan fingerprint density at radius 3 is 1.88 bits per heavy atom. The zero-order chi connectivity index (χ0) is 22.5. The normalized spacial score (nSPS) is 11.2. The van der Waals surface area contributed by atoms with Gasteiger partial charge in [-0.25, -0.2) is 0 Å². The molecule has 7 heteroatoms. The van der Waals surface area contributed by atoms with Crippen LogP contribution in [0.4, 0.5) is 0 Å². The zero-order valence-corrected chi connectivity index (χ0v) is 22.3. The number of ether oxygens (including phenoxy) is 1. The minimum atomic E-state index is -4.24. The number of unbranched alkanes of at least 4 members (excludes halogenated alkanes) is 10. The van der Waals surface area contributed by atoms with Crippen LogP contribution < -0.4 is 39.4 Å². The van der Waals surface area contributed by atoms with Crippen LogP contribution >= 0.6 is 0 Å². The van der Waals surface area contributed by atoms with E-state index in [-0.39, 0.29) is 40.2 Å². The van der Waals surface area contributed by atoms with Gasteiger partial charge in [0.05, 0.1) is 4.90 Å². The summed E-state index contributed by atoms with van der Waals surface area (Å²) in [5.74, 6) is 0.782. The van der Waals surface area contributed by atoms with Crippen LogP contribution in [-0.2, 0) is 16.5 Å². The first-order chi connectivity index (χ1) is 14.9. The number of hydrogen-bond donors (Lipinski definition) is 1. The Bertz CT molecular complexity index is 882. The van der Waals surface area contributed by atoms with Crippen LogP contribution in [0.3, 0.4) is 0 Å². The van der Waals surface area contributed by atoms with Crippen molar-refractivity contribution in [1.29, 1.82) is 0 Å². The summed E-state index contributed by atoms with van der Waals surface area (Å²) in [6.45, 7) is 2.24. The Morgan fingerprint density at radius 2 is 1.34 bits per heavy atom. The van der Waals surface area contributed by atoms with Crippen LogP contribution in [0.1, 0.15) is 83.1 Å². The number of hydrogen-bond acceptors (Lipinski definition) is 4. The molecule has 0 spiro atoms. The van der Waals surface area contributed by atoms with Crippen molar-refractivity contribution in [1.82, 2.24) is 0 Å². The van der Waals surface area contributed by atoms with Gasteiger partial charge in [-0.3, -0.25) is 4.55 Å². The molecule has 0 saturated carbocycles. The van der Waals surface area contributed by atoms with Gasteiger partial charge in [-0.05, 0) is 48.7 Å². The predicted molar refractivity (Wildman–Crippen MR) is 122 cm³/mol. The van der Waals surface area contributed by atoms with Crippen LogP contribution in [0.15, 0.2) is 47.4 Å². The number of aryl methyl sites for hydroxylation is 1. The fourth-order valence-electron chi connectivity index (χ4n) is 3.62. The molecular formula is C25H35NaO5S. The predicted octanol–water partition coefficient (Wildman–Crippen LogP) is 3.66. The Labute approximate surface area is 215 Å². The SMILES string of the molecule is CCCCCCCCCCCCCc1ccc([O-])cc1Oc1ccc(S(=O)(=O)O)cc1.[Na+]. The molecule has 0 aliphatic rings. The zero-order valence-electron chi connectivity index (χ0n) is 19.5. The summed E-state index contributed by atoms with van der Waals surface area (Å²) in [5.41, 5.74) is 0.967. The molecule has 32 heavy (non-hydrogen) atoms. The van der Waals surface area contributed by atoms with Gasteiger partial charge in [0.1, 0.15) is 11.5 Å². The smallest absolute Gasteiger partial charge is 0.872 e. The van der Waals surface area contributed by atoms with Gasteiger partial charge in [-0.2, -0.15) is 8.42 Å². The minimum absolute atomic E-state index is 0. The maximum Gasteiger partial charge on any atom is 1.00 e. The van der Waals surface area contributed by atoms with E-state index < -0.39 is 10.1 Å². The third-order valence-electron chi connectivity index (χ3n) is 5.44. The van der Waals surface area contributed by atoms with E-state index in [2.05, 4.69) is 6.92 Å². The molecule has 2 aromatic carbocycles. The maximum atomic E-state index is 11.8. The molecule has 0 aromatic heterocycles. The fourth-order valence-corrected chi connectivity index (χ4v) is 4.10. The molecule has 0 atom stereocenters. The average molecular weight is 471 g/mol. The van der Waals surface area contributed by atoms with Gasteiger partial charge in [-0.15, -0.1) is 5.75 Å². The van der Waals surface area contributed by atoms with Gasteiger partial charge >= 0.3 is 29.6 Å². The molecule has 0 aliphatic carbocycles. The van der Waals surface area contributed by atoms with Crippen molar-refractivity contribution in [2.24, 2.45) is 0 Å². The maximum absolute atomic E-state index is 11.8. The molecule has 2 aromatic rings. The summed E-state index contributed by atoms with van der Waals surface area (Å²) in [6.07, 6.45) is 14.9. The van der Waals surface area contributed by atoms with Gasteiger partial charge < -0.3 is 9.84 Å². The summed E-state index contributed by atoms with van der Waals surface area (Å²) < 4.78 is 37.2. The van der Waals surface area contributed by atoms with Crippen molar-refractivity contribution in [2.45, 2.75) is 88.9 Å². The van der Waals surface area contributed by atoms with E-state index in [1.807, 2.05) is 0 Å². The molecule has 0 aliphatic heterocycles. The van der Waals surface area contributed by atoms with E-state index in [0.717, 1.165) is 24.8 Å². The summed E-state index contributed by atoms with van der Waals surface area (Å²) in [6, 6.07) is 10.3. The van der Waals surface area contributed by atoms with Crippen LogP contribution in [0.2, 0.25) is 0 Å². The third-order valence-corrected chi connectivity index (χ3v) is 6.31. The molecule has 0 unspecified atom stereocenters. The van der Waals surface area contributed by atoms with E-state index >= 15 is 0 Å². The Hall–Kier alpha value is -1.05. The third kappa shape index (κ3) is 11.2. The molecule has 172 valence electrons. The molecule has 0 radical (unpaired) electrons. The molecule has 1 N–H and O–H groups in total. The van der Waals surface area contributed by atoms with Gasteiger partial charge in [0.15, 0.2) is 0 Å². The van der Waals surface area contributed by atoms with Gasteiger partial charge in [0.25, 0.3) is 10.1 Å². The summed E-state index contributed by atoms with van der Waals surface area (Å²) in [5, 5.41) is 11.8. The molecule has 0 fully saturated rings. The molecule has 0 saturated heterocycles. The van der Waals surface area contributed by atoms with Crippen molar-refractivity contribution in [3.05, 3.63) is 48.0 Å². The number of benzene rings is 2. The van der Waals surface area contributed by atoms with Crippen LogP contribution in [0.5, 0.6) is 17.2 Å². The minimum Gasteiger partial charge on any atom is -0.872 e. The Balaban J connectivity index is 0.00000512. The Kier molecular flexibility index (Phi) is 14.2. The second-order valence-corrected chi connectivity index (χ2v) is 9.53. The van der Waals surface area contributed by atoms with Crippen LogP contribution in [0.25, 0.3) is 0 Å². The van der Waals surface area contributed by atoms with Crippen molar-refractivity contribution in [3.8, 4) is 17.2 Å². The molecule has 0 heterocycles. The Morgan fingerprint density at radius 1 is 0.812 bits per heavy atom. The summed E-state index contributed by atoms with van der Waals surface area (Å²) >= 11 is 0. The van der Waals surface area contributed by atoms with E-state index in [1.54, 1.807) is 12.1 Å². The summed E-state index contributed by atoms with van der Waals surface area (Å²) in [7, 11) is -4.24. The van der Waals surface area contributed by atoms with Crippen LogP contribution in [0, 0.1) is 0 Å². The monoisotopic (exact) mass is 470 g/mol. The first kappa shape index (κ1) is 29.0. The summed E-state index contributed by atoms with van der Waals surface area (Å²) in [4.78, 5) is -0.196. The molecule has 0 amide bonds. The topological polar surface area (TPSA) is 86.7 Å². The molecule has 0 bridgehead atoms. The van der Waals surface area contributed by atoms with E-state index in [9.17, 15) is 13.5 Å². The van der Waals surface area contributed by atoms with Gasteiger partial charge in [0, 0.05) is 0 Å². The van der Waals surface area contributed by atoms with Crippen molar-refractivity contribution in [2.75, 3.05) is 0 Å². The second-order valence-electron chi connectivity index (χ2n) is 8.10. The van der Waals surface area contributed by atoms with Gasteiger partial charge in [0.2, 0.25) is 0 Å². The van der Waals surface area contributed by atoms with Crippen molar-refractivity contribution < 1.29 is 52.4 Å². The largest absolute Gasteiger partial charge is 1.00 e. The van der Waals surface area contributed by atoms with E-state index in [0.29, 0.717) is 11.5 Å². The van der Waals surface area contributed by atoms with Crippen LogP contribution in [-0.4, -0.2) is 13.0 Å². The second kappa shape index (κ2) is 15.7. The fraction of sp³-hybridized carbons (Fsp3) is 0.520. The first-order valence-electron chi connectivity index (χ1n) is 11.5. The average Bonchev–Trinajstić information content (AvgIpc) is 2.73. The number of rotatable bonds is 15. The molecule has 2 rings (SSSR count). The molecule has 5 nitrogen and oxygen atoms in total. The molecular weight excluding hydrogens is 435 g/mol. The van der Waals surface area contributed by atoms with Gasteiger partial charge in [-0.1, -0.05) is 83.3 Å². The van der Waals surface area contributed by atoms with Crippen molar-refractivity contribution in [3.63, 3.8) is 0 Å². The van der Waals surface area contributed by atoms with E-state index in [4.69, 9.17) is 9.29 Å². The standard InChI is InChI=1S/C25H36O5S.Na/c1-2-3-4-5-6-7-8-9-10-11-12-13-21-14-15-22(26)20-25(21)30-23-16-18-24(19-17-23)31(27,28)29;/h14-20,26H,2-13H2,1H3,(H,27,28,29);/q;+1/p-1. The van der Waals surface area contributed by atoms with Crippen molar-refractivity contribution >= 4 is 10.1 Å². The van der Waals surface area contributed by atoms with E-state index in [1.165, 1.54) is 88.1 Å².